The summed E-state index contributed by atoms with van der Waals surface area (Å²) in [6.07, 6.45) is 0. The van der Waals surface area contributed by atoms with Gasteiger partial charge < -0.3 is 10.0 Å². The number of halogens is 2. The Bertz CT molecular complexity index is 387. The topological polar surface area (TPSA) is 40.5 Å². The van der Waals surface area contributed by atoms with E-state index in [1.807, 2.05) is 13.8 Å². The van der Waals surface area contributed by atoms with Crippen LogP contribution in [0.5, 0.6) is 0 Å². The molecule has 0 saturated carbocycles. The maximum absolute atomic E-state index is 12.3. The van der Waals surface area contributed by atoms with Crippen LogP contribution >= 0.6 is 23.2 Å². The molecule has 0 saturated heterocycles. The molecule has 1 amide bonds. The average Bonchev–Trinajstić information content (AvgIpc) is 2.24. The van der Waals surface area contributed by atoms with Crippen molar-refractivity contribution in [1.29, 1.82) is 0 Å². The molecular formula is C12H15Cl2NO2. The summed E-state index contributed by atoms with van der Waals surface area (Å²) in [5.41, 5.74) is 0.290. The monoisotopic (exact) mass is 275 g/mol. The van der Waals surface area contributed by atoms with Crippen LogP contribution in [0.3, 0.4) is 0 Å². The fourth-order valence-electron chi connectivity index (χ4n) is 1.55. The highest BCUT2D eigenvalue weighted by molar-refractivity contribution is 6.39. The first kappa shape index (κ1) is 14.3. The van der Waals surface area contributed by atoms with Gasteiger partial charge in [0.25, 0.3) is 5.91 Å². The highest BCUT2D eigenvalue weighted by Crippen LogP contribution is 2.26. The normalized spacial score (nSPS) is 10.7. The van der Waals surface area contributed by atoms with Crippen LogP contribution in [0.15, 0.2) is 18.2 Å². The second kappa shape index (κ2) is 6.24. The van der Waals surface area contributed by atoms with Crippen molar-refractivity contribution in [2.45, 2.75) is 19.9 Å². The van der Waals surface area contributed by atoms with E-state index in [-0.39, 0.29) is 30.7 Å². The van der Waals surface area contributed by atoms with Crippen LogP contribution in [0.1, 0.15) is 24.2 Å². The lowest BCUT2D eigenvalue weighted by molar-refractivity contribution is 0.0665. The van der Waals surface area contributed by atoms with Crippen LogP contribution in [0.2, 0.25) is 10.0 Å². The molecule has 1 aromatic rings. The number of rotatable bonds is 4. The summed E-state index contributed by atoms with van der Waals surface area (Å²) >= 11 is 12.0. The molecule has 17 heavy (non-hydrogen) atoms. The van der Waals surface area contributed by atoms with Crippen LogP contribution in [0.4, 0.5) is 0 Å². The molecule has 0 aliphatic carbocycles. The van der Waals surface area contributed by atoms with Crippen molar-refractivity contribution in [3.8, 4) is 0 Å². The van der Waals surface area contributed by atoms with Gasteiger partial charge in [-0.15, -0.1) is 0 Å². The summed E-state index contributed by atoms with van der Waals surface area (Å²) < 4.78 is 0. The van der Waals surface area contributed by atoms with Gasteiger partial charge in [0.1, 0.15) is 0 Å². The van der Waals surface area contributed by atoms with Crippen molar-refractivity contribution in [2.75, 3.05) is 13.2 Å². The molecule has 0 aliphatic heterocycles. The van der Waals surface area contributed by atoms with Crippen LogP contribution < -0.4 is 0 Å². The summed E-state index contributed by atoms with van der Waals surface area (Å²) in [6.45, 7) is 3.92. The van der Waals surface area contributed by atoms with Crippen LogP contribution in [-0.2, 0) is 0 Å². The first-order valence-corrected chi connectivity index (χ1v) is 6.10. The van der Waals surface area contributed by atoms with E-state index in [4.69, 9.17) is 28.3 Å². The van der Waals surface area contributed by atoms with Gasteiger partial charge in [0.05, 0.1) is 22.2 Å². The van der Waals surface area contributed by atoms with Crippen LogP contribution in [0.25, 0.3) is 0 Å². The summed E-state index contributed by atoms with van der Waals surface area (Å²) in [5, 5.41) is 9.61. The fourth-order valence-corrected chi connectivity index (χ4v) is 2.11. The van der Waals surface area contributed by atoms with E-state index in [2.05, 4.69) is 0 Å². The second-order valence-corrected chi connectivity index (χ2v) is 4.73. The largest absolute Gasteiger partial charge is 0.395 e. The van der Waals surface area contributed by atoms with Gasteiger partial charge >= 0.3 is 0 Å². The number of amides is 1. The zero-order valence-corrected chi connectivity index (χ0v) is 11.3. The standard InChI is InChI=1S/C12H15Cl2NO2/c1-8(2)15(6-7-16)12(17)11-9(13)4-3-5-10(11)14/h3-5,8,16H,6-7H2,1-2H3. The third-order valence-electron chi connectivity index (χ3n) is 2.40. The number of carbonyl (C=O) groups is 1. The first-order valence-electron chi connectivity index (χ1n) is 5.35. The molecule has 0 aromatic heterocycles. The molecule has 3 nitrogen and oxygen atoms in total. The zero-order chi connectivity index (χ0) is 13.0. The summed E-state index contributed by atoms with van der Waals surface area (Å²) in [7, 11) is 0. The van der Waals surface area contributed by atoms with Gasteiger partial charge in [-0.3, -0.25) is 4.79 Å². The van der Waals surface area contributed by atoms with Gasteiger partial charge in [-0.1, -0.05) is 29.3 Å². The highest BCUT2D eigenvalue weighted by atomic mass is 35.5. The molecule has 1 N–H and O–H groups in total. The Hall–Kier alpha value is -0.770. The van der Waals surface area contributed by atoms with Gasteiger partial charge in [-0.2, -0.15) is 0 Å². The summed E-state index contributed by atoms with van der Waals surface area (Å²) in [4.78, 5) is 13.8. The van der Waals surface area contributed by atoms with Gasteiger partial charge in [-0.25, -0.2) is 0 Å². The fraction of sp³-hybridized carbons (Fsp3) is 0.417. The lowest BCUT2D eigenvalue weighted by Crippen LogP contribution is -2.39. The van der Waals surface area contributed by atoms with Gasteiger partial charge in [0.2, 0.25) is 0 Å². The number of aliphatic hydroxyl groups excluding tert-OH is 1. The first-order chi connectivity index (χ1) is 7.99. The Morgan fingerprint density at radius 2 is 1.88 bits per heavy atom. The number of aliphatic hydroxyl groups is 1. The number of carbonyl (C=O) groups excluding carboxylic acids is 1. The van der Waals surface area contributed by atoms with Crippen molar-refractivity contribution in [3.63, 3.8) is 0 Å². The zero-order valence-electron chi connectivity index (χ0n) is 9.78. The molecule has 0 radical (unpaired) electrons. The van der Waals surface area contributed by atoms with Gasteiger partial charge in [0, 0.05) is 12.6 Å². The van der Waals surface area contributed by atoms with E-state index in [1.165, 1.54) is 4.90 Å². The minimum atomic E-state index is -0.260. The molecule has 1 aromatic carbocycles. The predicted octanol–water partition coefficient (Wildman–Crippen LogP) is 2.84. The number of hydrogen-bond acceptors (Lipinski definition) is 2. The quantitative estimate of drug-likeness (QED) is 0.918. The third kappa shape index (κ3) is 3.35. The number of nitrogens with zero attached hydrogens (tertiary/aromatic N) is 1. The molecule has 1 rings (SSSR count). The predicted molar refractivity (Wildman–Crippen MR) is 69.7 cm³/mol. The molecule has 0 atom stereocenters. The average molecular weight is 276 g/mol. The van der Waals surface area contributed by atoms with Crippen molar-refractivity contribution in [3.05, 3.63) is 33.8 Å². The molecule has 5 heteroatoms. The SMILES string of the molecule is CC(C)N(CCO)C(=O)c1c(Cl)cccc1Cl. The number of hydrogen-bond donors (Lipinski definition) is 1. The van der Waals surface area contributed by atoms with Crippen molar-refractivity contribution in [2.24, 2.45) is 0 Å². The maximum Gasteiger partial charge on any atom is 0.257 e. The smallest absolute Gasteiger partial charge is 0.257 e. The Morgan fingerprint density at radius 1 is 1.35 bits per heavy atom. The molecule has 0 heterocycles. The molecular weight excluding hydrogens is 261 g/mol. The molecule has 0 bridgehead atoms. The van der Waals surface area contributed by atoms with Crippen molar-refractivity contribution < 1.29 is 9.90 Å². The molecule has 94 valence electrons. The summed E-state index contributed by atoms with van der Waals surface area (Å²) in [5.74, 6) is -0.260. The van der Waals surface area contributed by atoms with E-state index in [0.29, 0.717) is 10.0 Å². The Kier molecular flexibility index (Phi) is 5.25. The van der Waals surface area contributed by atoms with E-state index < -0.39 is 0 Å². The Labute approximate surface area is 111 Å². The van der Waals surface area contributed by atoms with Gasteiger partial charge in [0.15, 0.2) is 0 Å². The lowest BCUT2D eigenvalue weighted by atomic mass is 10.1. The lowest BCUT2D eigenvalue weighted by Gasteiger charge is -2.26. The van der Waals surface area contributed by atoms with Crippen LogP contribution in [0, 0.1) is 0 Å². The molecule has 0 fully saturated rings. The van der Waals surface area contributed by atoms with E-state index >= 15 is 0 Å². The Balaban J connectivity index is 3.09. The molecule has 0 unspecified atom stereocenters. The molecule has 0 aliphatic rings. The highest BCUT2D eigenvalue weighted by Gasteiger charge is 2.22. The maximum atomic E-state index is 12.3. The van der Waals surface area contributed by atoms with Crippen LogP contribution in [-0.4, -0.2) is 35.1 Å². The van der Waals surface area contributed by atoms with E-state index in [9.17, 15) is 4.79 Å². The summed E-state index contributed by atoms with van der Waals surface area (Å²) in [6, 6.07) is 4.91. The third-order valence-corrected chi connectivity index (χ3v) is 3.03. The second-order valence-electron chi connectivity index (χ2n) is 3.91. The van der Waals surface area contributed by atoms with E-state index in [1.54, 1.807) is 18.2 Å². The van der Waals surface area contributed by atoms with Crippen molar-refractivity contribution in [1.82, 2.24) is 4.90 Å². The minimum absolute atomic E-state index is 0.0259. The van der Waals surface area contributed by atoms with Gasteiger partial charge in [-0.05, 0) is 26.0 Å². The Morgan fingerprint density at radius 3 is 2.29 bits per heavy atom. The molecule has 0 spiro atoms. The van der Waals surface area contributed by atoms with E-state index in [0.717, 1.165) is 0 Å². The number of benzene rings is 1. The van der Waals surface area contributed by atoms with Crippen molar-refractivity contribution >= 4 is 29.1 Å². The minimum Gasteiger partial charge on any atom is -0.395 e.